The first-order chi connectivity index (χ1) is 9.31. The van der Waals surface area contributed by atoms with Gasteiger partial charge in [0.25, 0.3) is 0 Å². The minimum Gasteiger partial charge on any atom is -0.485 e. The lowest BCUT2D eigenvalue weighted by molar-refractivity contribution is -0.385. The summed E-state index contributed by atoms with van der Waals surface area (Å²) in [6.07, 6.45) is 0. The monoisotopic (exact) mass is 301 g/mol. The fourth-order valence-corrected chi connectivity index (χ4v) is 1.70. The summed E-state index contributed by atoms with van der Waals surface area (Å²) in [6, 6.07) is 3.24. The van der Waals surface area contributed by atoms with Crippen LogP contribution in [0.2, 0.25) is 5.02 Å². The third-order valence-electron chi connectivity index (χ3n) is 2.40. The number of nitrogens with one attached hydrogen (secondary N) is 1. The number of nitro benzene ring substituents is 1. The molecule has 1 rings (SSSR count). The number of carbonyl (C=O) groups excluding carboxylic acids is 1. The number of nitro groups is 1. The van der Waals surface area contributed by atoms with Crippen LogP contribution in [0, 0.1) is 10.1 Å². The molecule has 0 heterocycles. The van der Waals surface area contributed by atoms with Gasteiger partial charge in [0.1, 0.15) is 12.6 Å². The Morgan fingerprint density at radius 2 is 2.20 bits per heavy atom. The van der Waals surface area contributed by atoms with Crippen molar-refractivity contribution in [3.8, 4) is 5.75 Å². The SMILES string of the molecule is CC(C)NC(COc1cc(Cl)ccc1[N+](=O)[O-])C(N)=O. The molecule has 0 aliphatic heterocycles. The lowest BCUT2D eigenvalue weighted by Gasteiger charge is -2.18. The van der Waals surface area contributed by atoms with Crippen molar-refractivity contribution < 1.29 is 14.5 Å². The molecule has 1 aromatic rings. The number of benzene rings is 1. The third-order valence-corrected chi connectivity index (χ3v) is 2.64. The third kappa shape index (κ3) is 4.67. The van der Waals surface area contributed by atoms with E-state index in [1.807, 2.05) is 13.8 Å². The van der Waals surface area contributed by atoms with Crippen LogP contribution in [0.25, 0.3) is 0 Å². The van der Waals surface area contributed by atoms with Crippen LogP contribution in [0.4, 0.5) is 5.69 Å². The molecule has 1 amide bonds. The first kappa shape index (κ1) is 16.2. The average Bonchev–Trinajstić information content (AvgIpc) is 2.33. The number of ether oxygens (including phenoxy) is 1. The van der Waals surface area contributed by atoms with E-state index in [0.717, 1.165) is 0 Å². The molecule has 0 fully saturated rings. The van der Waals surface area contributed by atoms with Gasteiger partial charge in [-0.05, 0) is 6.07 Å². The first-order valence-electron chi connectivity index (χ1n) is 5.93. The molecule has 1 atom stereocenters. The summed E-state index contributed by atoms with van der Waals surface area (Å²) in [5.74, 6) is -0.595. The Morgan fingerprint density at radius 3 is 2.70 bits per heavy atom. The molecule has 0 radical (unpaired) electrons. The van der Waals surface area contributed by atoms with E-state index in [2.05, 4.69) is 5.32 Å². The molecule has 0 bridgehead atoms. The van der Waals surface area contributed by atoms with E-state index in [-0.39, 0.29) is 24.1 Å². The van der Waals surface area contributed by atoms with Crippen molar-refractivity contribution in [2.24, 2.45) is 5.73 Å². The van der Waals surface area contributed by atoms with Gasteiger partial charge in [-0.2, -0.15) is 0 Å². The molecular weight excluding hydrogens is 286 g/mol. The van der Waals surface area contributed by atoms with Crippen LogP contribution in [0.5, 0.6) is 5.75 Å². The number of hydrogen-bond acceptors (Lipinski definition) is 5. The Balaban J connectivity index is 2.84. The highest BCUT2D eigenvalue weighted by Gasteiger charge is 2.20. The number of carbonyl (C=O) groups is 1. The fraction of sp³-hybridized carbons (Fsp3) is 0.417. The van der Waals surface area contributed by atoms with Gasteiger partial charge in [-0.1, -0.05) is 25.4 Å². The van der Waals surface area contributed by atoms with E-state index in [1.165, 1.54) is 18.2 Å². The summed E-state index contributed by atoms with van der Waals surface area (Å²) in [4.78, 5) is 21.5. The van der Waals surface area contributed by atoms with Crippen LogP contribution in [0.3, 0.4) is 0 Å². The smallest absolute Gasteiger partial charge is 0.311 e. The van der Waals surface area contributed by atoms with Crippen molar-refractivity contribution in [1.82, 2.24) is 5.32 Å². The second kappa shape index (κ2) is 7.06. The van der Waals surface area contributed by atoms with Gasteiger partial charge < -0.3 is 15.8 Å². The highest BCUT2D eigenvalue weighted by molar-refractivity contribution is 6.30. The van der Waals surface area contributed by atoms with Gasteiger partial charge >= 0.3 is 5.69 Å². The van der Waals surface area contributed by atoms with E-state index < -0.39 is 16.9 Å². The van der Waals surface area contributed by atoms with Gasteiger partial charge in [0.05, 0.1) is 4.92 Å². The molecule has 0 spiro atoms. The van der Waals surface area contributed by atoms with E-state index in [9.17, 15) is 14.9 Å². The maximum absolute atomic E-state index is 11.3. The number of rotatable bonds is 7. The molecule has 0 saturated heterocycles. The van der Waals surface area contributed by atoms with Crippen molar-refractivity contribution in [3.05, 3.63) is 33.3 Å². The summed E-state index contributed by atoms with van der Waals surface area (Å²) in [5.41, 5.74) is 5.02. The second-order valence-electron chi connectivity index (χ2n) is 4.46. The van der Waals surface area contributed by atoms with Crippen molar-refractivity contribution in [2.45, 2.75) is 25.9 Å². The zero-order valence-electron chi connectivity index (χ0n) is 11.1. The van der Waals surface area contributed by atoms with Gasteiger partial charge in [-0.15, -0.1) is 0 Å². The summed E-state index contributed by atoms with van der Waals surface area (Å²) in [6.45, 7) is 3.57. The quantitative estimate of drug-likeness (QED) is 0.586. The Hall–Kier alpha value is -1.86. The Labute approximate surface area is 121 Å². The van der Waals surface area contributed by atoms with Gasteiger partial charge in [0, 0.05) is 23.2 Å². The van der Waals surface area contributed by atoms with Crippen molar-refractivity contribution in [1.29, 1.82) is 0 Å². The number of nitrogens with two attached hydrogens (primary N) is 1. The highest BCUT2D eigenvalue weighted by Crippen LogP contribution is 2.29. The maximum atomic E-state index is 11.3. The predicted octanol–water partition coefficient (Wildman–Crippen LogP) is 1.48. The molecule has 0 aromatic heterocycles. The lowest BCUT2D eigenvalue weighted by atomic mass is 10.2. The molecular formula is C12H16ClN3O4. The topological polar surface area (TPSA) is 107 Å². The van der Waals surface area contributed by atoms with Gasteiger partial charge in [-0.3, -0.25) is 14.9 Å². The standard InChI is InChI=1S/C12H16ClN3O4/c1-7(2)15-9(12(14)17)6-20-11-5-8(13)3-4-10(11)16(18)19/h3-5,7,9,15H,6H2,1-2H3,(H2,14,17). The molecule has 1 aromatic carbocycles. The normalized spacial score (nSPS) is 12.2. The largest absolute Gasteiger partial charge is 0.485 e. The zero-order valence-corrected chi connectivity index (χ0v) is 11.9. The minimum absolute atomic E-state index is 0.000642. The minimum atomic E-state index is -0.742. The van der Waals surface area contributed by atoms with Crippen LogP contribution in [-0.4, -0.2) is 29.5 Å². The maximum Gasteiger partial charge on any atom is 0.311 e. The van der Waals surface area contributed by atoms with E-state index in [0.29, 0.717) is 5.02 Å². The van der Waals surface area contributed by atoms with Crippen LogP contribution in [0.15, 0.2) is 18.2 Å². The van der Waals surface area contributed by atoms with Crippen LogP contribution >= 0.6 is 11.6 Å². The summed E-state index contributed by atoms with van der Waals surface area (Å²) < 4.78 is 5.31. The molecule has 1 unspecified atom stereocenters. The van der Waals surface area contributed by atoms with Crippen LogP contribution in [-0.2, 0) is 4.79 Å². The number of primary amides is 1. The molecule has 0 aliphatic carbocycles. The summed E-state index contributed by atoms with van der Waals surface area (Å²) in [7, 11) is 0. The second-order valence-corrected chi connectivity index (χ2v) is 4.89. The highest BCUT2D eigenvalue weighted by atomic mass is 35.5. The van der Waals surface area contributed by atoms with E-state index >= 15 is 0 Å². The van der Waals surface area contributed by atoms with Crippen molar-refractivity contribution in [3.63, 3.8) is 0 Å². The molecule has 0 saturated carbocycles. The number of nitrogens with zero attached hydrogens (tertiary/aromatic N) is 1. The molecule has 3 N–H and O–H groups in total. The lowest BCUT2D eigenvalue weighted by Crippen LogP contribution is -2.48. The molecule has 7 nitrogen and oxygen atoms in total. The van der Waals surface area contributed by atoms with Crippen molar-refractivity contribution in [2.75, 3.05) is 6.61 Å². The molecule has 20 heavy (non-hydrogen) atoms. The summed E-state index contributed by atoms with van der Waals surface area (Å²) in [5, 5.41) is 14.1. The molecule has 0 aliphatic rings. The van der Waals surface area contributed by atoms with Crippen molar-refractivity contribution >= 4 is 23.2 Å². The van der Waals surface area contributed by atoms with Crippen LogP contribution in [0.1, 0.15) is 13.8 Å². The van der Waals surface area contributed by atoms with Gasteiger partial charge in [0.2, 0.25) is 5.91 Å². The van der Waals surface area contributed by atoms with Gasteiger partial charge in [-0.25, -0.2) is 0 Å². The number of halogens is 1. The molecule has 110 valence electrons. The Bertz CT molecular complexity index is 507. The number of amides is 1. The number of hydrogen-bond donors (Lipinski definition) is 2. The Kier molecular flexibility index (Phi) is 5.72. The van der Waals surface area contributed by atoms with Gasteiger partial charge in [0.15, 0.2) is 5.75 Å². The average molecular weight is 302 g/mol. The predicted molar refractivity (Wildman–Crippen MR) is 74.9 cm³/mol. The summed E-state index contributed by atoms with van der Waals surface area (Å²) >= 11 is 5.77. The first-order valence-corrected chi connectivity index (χ1v) is 6.31. The van der Waals surface area contributed by atoms with E-state index in [4.69, 9.17) is 22.1 Å². The van der Waals surface area contributed by atoms with E-state index in [1.54, 1.807) is 0 Å². The van der Waals surface area contributed by atoms with Crippen LogP contribution < -0.4 is 15.8 Å². The molecule has 8 heteroatoms. The Morgan fingerprint density at radius 1 is 1.55 bits per heavy atom. The zero-order chi connectivity index (χ0) is 15.3. The fourth-order valence-electron chi connectivity index (χ4n) is 1.54.